The first-order chi connectivity index (χ1) is 14.5. The van der Waals surface area contributed by atoms with Crippen molar-refractivity contribution in [1.29, 1.82) is 0 Å². The van der Waals surface area contributed by atoms with Gasteiger partial charge in [-0.15, -0.1) is 0 Å². The molecule has 1 aromatic heterocycles. The maximum atomic E-state index is 11.8. The van der Waals surface area contributed by atoms with Crippen LogP contribution in [0.25, 0.3) is 22.2 Å². The number of hydrogen-bond donors (Lipinski definition) is 2. The standard InChI is InChI=1S/C23H16ClN3O3/c1-12-2-4-16(7-15(12)11-28)30-23-26-20-8-18(19(24)9-21(20)27-23)13-3-5-17-14(6-13)10-25-22(17)29/h2-9,11H,10H2,1H3,(H,25,29)(H,26,27). The highest BCUT2D eigenvalue weighted by atomic mass is 35.5. The smallest absolute Gasteiger partial charge is 0.300 e. The van der Waals surface area contributed by atoms with Gasteiger partial charge in [-0.25, -0.2) is 0 Å². The van der Waals surface area contributed by atoms with Gasteiger partial charge in [0.05, 0.1) is 16.1 Å². The Morgan fingerprint density at radius 2 is 1.97 bits per heavy atom. The van der Waals surface area contributed by atoms with E-state index >= 15 is 0 Å². The number of rotatable bonds is 4. The number of aldehydes is 1. The van der Waals surface area contributed by atoms with Crippen molar-refractivity contribution in [2.24, 2.45) is 0 Å². The van der Waals surface area contributed by atoms with E-state index in [1.54, 1.807) is 18.2 Å². The molecule has 4 aromatic rings. The van der Waals surface area contributed by atoms with Crippen molar-refractivity contribution in [2.45, 2.75) is 13.5 Å². The third-order valence-corrected chi connectivity index (χ3v) is 5.55. The first-order valence-electron chi connectivity index (χ1n) is 9.36. The van der Waals surface area contributed by atoms with E-state index in [0.717, 1.165) is 34.1 Å². The first-order valence-corrected chi connectivity index (χ1v) is 9.74. The van der Waals surface area contributed by atoms with E-state index in [1.165, 1.54) is 0 Å². The fraction of sp³-hybridized carbons (Fsp3) is 0.0870. The third-order valence-electron chi connectivity index (χ3n) is 5.24. The topological polar surface area (TPSA) is 84.1 Å². The molecule has 5 rings (SSSR count). The van der Waals surface area contributed by atoms with E-state index < -0.39 is 0 Å². The molecule has 2 heterocycles. The largest absolute Gasteiger partial charge is 0.426 e. The van der Waals surface area contributed by atoms with Gasteiger partial charge in [-0.1, -0.05) is 23.7 Å². The summed E-state index contributed by atoms with van der Waals surface area (Å²) in [6.07, 6.45) is 0.798. The zero-order valence-electron chi connectivity index (χ0n) is 16.0. The summed E-state index contributed by atoms with van der Waals surface area (Å²) in [7, 11) is 0. The van der Waals surface area contributed by atoms with E-state index in [2.05, 4.69) is 15.3 Å². The van der Waals surface area contributed by atoms with Crippen LogP contribution in [0.1, 0.15) is 31.8 Å². The number of carbonyl (C=O) groups is 2. The van der Waals surface area contributed by atoms with Gasteiger partial charge in [0.1, 0.15) is 12.0 Å². The number of imidazole rings is 1. The van der Waals surface area contributed by atoms with Gasteiger partial charge >= 0.3 is 0 Å². The number of H-pyrrole nitrogens is 1. The van der Waals surface area contributed by atoms with E-state index in [1.807, 2.05) is 37.3 Å². The molecule has 0 saturated carbocycles. The SMILES string of the molecule is Cc1ccc(Oc2nc3cc(-c4ccc5c(c4)CNC5=O)c(Cl)cc3[nH]2)cc1C=O. The molecule has 0 spiro atoms. The Hall–Kier alpha value is -3.64. The number of halogens is 1. The van der Waals surface area contributed by atoms with Crippen molar-refractivity contribution in [1.82, 2.24) is 15.3 Å². The van der Waals surface area contributed by atoms with Crippen LogP contribution in [0.2, 0.25) is 5.02 Å². The summed E-state index contributed by atoms with van der Waals surface area (Å²) in [6.45, 7) is 2.38. The minimum Gasteiger partial charge on any atom is -0.426 e. The number of benzene rings is 3. The molecule has 0 fully saturated rings. The van der Waals surface area contributed by atoms with Gasteiger partial charge in [-0.3, -0.25) is 9.59 Å². The van der Waals surface area contributed by atoms with Gasteiger partial charge in [0.25, 0.3) is 11.9 Å². The molecule has 0 radical (unpaired) electrons. The van der Waals surface area contributed by atoms with Crippen LogP contribution >= 0.6 is 11.6 Å². The molecule has 6 nitrogen and oxygen atoms in total. The lowest BCUT2D eigenvalue weighted by atomic mass is 10.00. The van der Waals surface area contributed by atoms with E-state index in [-0.39, 0.29) is 5.91 Å². The molecule has 30 heavy (non-hydrogen) atoms. The third kappa shape index (κ3) is 3.11. The van der Waals surface area contributed by atoms with Crippen LogP contribution in [0.15, 0.2) is 48.5 Å². The molecular weight excluding hydrogens is 402 g/mol. The van der Waals surface area contributed by atoms with Crippen molar-refractivity contribution < 1.29 is 14.3 Å². The van der Waals surface area contributed by atoms with Gasteiger partial charge in [-0.05, 0) is 60.0 Å². The Balaban J connectivity index is 1.50. The Morgan fingerprint density at radius 3 is 2.80 bits per heavy atom. The minimum atomic E-state index is -0.0546. The number of fused-ring (bicyclic) bond motifs is 2. The Kier molecular flexibility index (Phi) is 4.29. The molecule has 3 aromatic carbocycles. The highest BCUT2D eigenvalue weighted by Crippen LogP contribution is 2.34. The normalized spacial score (nSPS) is 12.7. The van der Waals surface area contributed by atoms with Gasteiger partial charge in [0, 0.05) is 23.2 Å². The number of hydrogen-bond acceptors (Lipinski definition) is 4. The maximum Gasteiger partial charge on any atom is 0.300 e. The fourth-order valence-electron chi connectivity index (χ4n) is 3.60. The van der Waals surface area contributed by atoms with Crippen LogP contribution in [0.5, 0.6) is 11.8 Å². The highest BCUT2D eigenvalue weighted by Gasteiger charge is 2.20. The lowest BCUT2D eigenvalue weighted by Crippen LogP contribution is -2.12. The molecule has 0 unspecified atom stereocenters. The van der Waals surface area contributed by atoms with E-state index in [0.29, 0.717) is 40.0 Å². The molecule has 2 N–H and O–H groups in total. The van der Waals surface area contributed by atoms with Crippen LogP contribution in [-0.2, 0) is 6.54 Å². The second-order valence-corrected chi connectivity index (χ2v) is 7.59. The van der Waals surface area contributed by atoms with Gasteiger partial charge in [-0.2, -0.15) is 4.98 Å². The molecular formula is C23H16ClN3O3. The number of aryl methyl sites for hydroxylation is 1. The van der Waals surface area contributed by atoms with E-state index in [4.69, 9.17) is 16.3 Å². The molecule has 1 aliphatic heterocycles. The number of aromatic nitrogens is 2. The zero-order valence-corrected chi connectivity index (χ0v) is 16.7. The fourth-order valence-corrected chi connectivity index (χ4v) is 3.87. The van der Waals surface area contributed by atoms with Crippen molar-refractivity contribution in [3.05, 3.63) is 75.8 Å². The quantitative estimate of drug-likeness (QED) is 0.455. The number of nitrogens with one attached hydrogen (secondary N) is 2. The van der Waals surface area contributed by atoms with Gasteiger partial charge in [0.15, 0.2) is 0 Å². The molecule has 1 amide bonds. The van der Waals surface area contributed by atoms with Crippen LogP contribution < -0.4 is 10.1 Å². The number of aromatic amines is 1. The number of amides is 1. The van der Waals surface area contributed by atoms with Crippen molar-refractivity contribution in [3.8, 4) is 22.9 Å². The minimum absolute atomic E-state index is 0.0546. The van der Waals surface area contributed by atoms with Crippen LogP contribution in [-0.4, -0.2) is 22.2 Å². The monoisotopic (exact) mass is 417 g/mol. The summed E-state index contributed by atoms with van der Waals surface area (Å²) in [6, 6.07) is 14.9. The summed E-state index contributed by atoms with van der Waals surface area (Å²) in [4.78, 5) is 30.5. The van der Waals surface area contributed by atoms with Crippen LogP contribution in [0.4, 0.5) is 0 Å². The van der Waals surface area contributed by atoms with Gasteiger partial charge < -0.3 is 15.0 Å². The predicted molar refractivity (Wildman–Crippen MR) is 114 cm³/mol. The van der Waals surface area contributed by atoms with Crippen molar-refractivity contribution in [3.63, 3.8) is 0 Å². The molecule has 0 atom stereocenters. The molecule has 1 aliphatic rings. The molecule has 0 bridgehead atoms. The molecule has 7 heteroatoms. The highest BCUT2D eigenvalue weighted by molar-refractivity contribution is 6.34. The second kappa shape index (κ2) is 7.00. The number of nitrogens with zero attached hydrogens (tertiary/aromatic N) is 1. The molecule has 148 valence electrons. The van der Waals surface area contributed by atoms with Crippen LogP contribution in [0.3, 0.4) is 0 Å². The summed E-state index contributed by atoms with van der Waals surface area (Å²) in [5.74, 6) is 0.463. The average Bonchev–Trinajstić information content (AvgIpc) is 3.30. The van der Waals surface area contributed by atoms with Crippen molar-refractivity contribution >= 4 is 34.8 Å². The van der Waals surface area contributed by atoms with Crippen LogP contribution in [0, 0.1) is 6.92 Å². The Morgan fingerprint density at radius 1 is 1.10 bits per heavy atom. The summed E-state index contributed by atoms with van der Waals surface area (Å²) < 4.78 is 5.80. The Bertz CT molecular complexity index is 1340. The molecule has 0 aliphatic carbocycles. The van der Waals surface area contributed by atoms with Gasteiger partial charge in [0.2, 0.25) is 0 Å². The number of ether oxygens (including phenoxy) is 1. The maximum absolute atomic E-state index is 11.8. The lowest BCUT2D eigenvalue weighted by Gasteiger charge is -2.06. The summed E-state index contributed by atoms with van der Waals surface area (Å²) in [5, 5.41) is 3.38. The van der Waals surface area contributed by atoms with Crippen molar-refractivity contribution in [2.75, 3.05) is 0 Å². The Labute approximate surface area is 176 Å². The van der Waals surface area contributed by atoms with E-state index in [9.17, 15) is 9.59 Å². The summed E-state index contributed by atoms with van der Waals surface area (Å²) in [5.41, 5.74) is 6.26. The first kappa shape index (κ1) is 18.4. The number of carbonyl (C=O) groups excluding carboxylic acids is 2. The lowest BCUT2D eigenvalue weighted by molar-refractivity contribution is 0.0965. The summed E-state index contributed by atoms with van der Waals surface area (Å²) >= 11 is 6.53. The second-order valence-electron chi connectivity index (χ2n) is 7.18. The predicted octanol–water partition coefficient (Wildman–Crippen LogP) is 5.04. The average molecular weight is 418 g/mol. The zero-order chi connectivity index (χ0) is 20.8. The molecule has 0 saturated heterocycles.